The van der Waals surface area contributed by atoms with Crippen LogP contribution in [0, 0.1) is 22.9 Å². The highest BCUT2D eigenvalue weighted by Gasteiger charge is 2.18. The number of nitro groups is 1. The number of nitro benzene ring substituents is 1. The van der Waals surface area contributed by atoms with Crippen molar-refractivity contribution in [1.82, 2.24) is 4.98 Å². The normalized spacial score (nSPS) is 10.6. The van der Waals surface area contributed by atoms with Gasteiger partial charge in [0, 0.05) is 5.56 Å². The van der Waals surface area contributed by atoms with E-state index in [1.165, 1.54) is 13.0 Å². The molecular weight excluding hydrogens is 311 g/mol. The number of hydrogen-bond donors (Lipinski definition) is 1. The van der Waals surface area contributed by atoms with Gasteiger partial charge in [-0.2, -0.15) is 4.98 Å². The quantitative estimate of drug-likeness (QED) is 0.689. The van der Waals surface area contributed by atoms with Crippen molar-refractivity contribution >= 4 is 28.6 Å². The van der Waals surface area contributed by atoms with Crippen LogP contribution in [0.2, 0.25) is 5.15 Å². The van der Waals surface area contributed by atoms with E-state index in [0.29, 0.717) is 4.88 Å². The Bertz CT molecular complexity index is 677. The lowest BCUT2D eigenvalue weighted by Crippen LogP contribution is -1.95. The zero-order valence-corrected chi connectivity index (χ0v) is 11.7. The third-order valence-electron chi connectivity index (χ3n) is 2.42. The molecule has 0 aliphatic carbocycles. The molecule has 0 amide bonds. The van der Waals surface area contributed by atoms with Crippen molar-refractivity contribution in [3.8, 4) is 10.9 Å². The highest BCUT2D eigenvalue weighted by molar-refractivity contribution is 7.13. The van der Waals surface area contributed by atoms with Gasteiger partial charge in [0.05, 0.1) is 22.5 Å². The van der Waals surface area contributed by atoms with Gasteiger partial charge in [0.25, 0.3) is 10.9 Å². The van der Waals surface area contributed by atoms with E-state index in [9.17, 15) is 14.5 Å². The Morgan fingerprint density at radius 1 is 1.60 bits per heavy atom. The molecular formula is C11H8ClFN2O4S. The molecule has 0 saturated heterocycles. The Morgan fingerprint density at radius 3 is 2.85 bits per heavy atom. The highest BCUT2D eigenvalue weighted by Crippen LogP contribution is 2.35. The van der Waals surface area contributed by atoms with E-state index < -0.39 is 10.7 Å². The van der Waals surface area contributed by atoms with E-state index in [1.54, 1.807) is 0 Å². The van der Waals surface area contributed by atoms with Crippen molar-refractivity contribution in [2.75, 3.05) is 0 Å². The summed E-state index contributed by atoms with van der Waals surface area (Å²) in [7, 11) is 0. The molecule has 2 aromatic rings. The van der Waals surface area contributed by atoms with Gasteiger partial charge in [-0.15, -0.1) is 0 Å². The molecule has 0 aliphatic heterocycles. The van der Waals surface area contributed by atoms with Crippen LogP contribution >= 0.6 is 22.9 Å². The number of aryl methyl sites for hydroxylation is 1. The Kier molecular flexibility index (Phi) is 4.17. The largest absolute Gasteiger partial charge is 0.428 e. The van der Waals surface area contributed by atoms with Gasteiger partial charge < -0.3 is 9.84 Å². The number of benzene rings is 1. The summed E-state index contributed by atoms with van der Waals surface area (Å²) < 4.78 is 18.9. The molecule has 1 heterocycles. The first-order chi connectivity index (χ1) is 9.42. The summed E-state index contributed by atoms with van der Waals surface area (Å²) >= 11 is 6.69. The number of ether oxygens (including phenoxy) is 1. The fourth-order valence-corrected chi connectivity index (χ4v) is 2.44. The molecule has 0 fully saturated rings. The topological polar surface area (TPSA) is 85.5 Å². The minimum atomic E-state index is -0.876. The van der Waals surface area contributed by atoms with Crippen molar-refractivity contribution in [2.24, 2.45) is 0 Å². The van der Waals surface area contributed by atoms with Crippen molar-refractivity contribution < 1.29 is 19.2 Å². The minimum Gasteiger partial charge on any atom is -0.428 e. The molecule has 0 spiro atoms. The maximum atomic E-state index is 13.7. The number of nitrogens with zero attached hydrogens (tertiary/aromatic N) is 2. The zero-order valence-electron chi connectivity index (χ0n) is 10.1. The van der Waals surface area contributed by atoms with Crippen LogP contribution in [0.1, 0.15) is 10.4 Å². The van der Waals surface area contributed by atoms with Crippen molar-refractivity contribution in [3.63, 3.8) is 0 Å². The summed E-state index contributed by atoms with van der Waals surface area (Å²) in [6.07, 6.45) is 0. The molecule has 0 aliphatic rings. The van der Waals surface area contributed by atoms with Gasteiger partial charge in [-0.3, -0.25) is 10.1 Å². The first kappa shape index (κ1) is 14.6. The summed E-state index contributed by atoms with van der Waals surface area (Å²) in [6, 6.07) is 1.99. The van der Waals surface area contributed by atoms with Crippen LogP contribution in [0.5, 0.6) is 10.9 Å². The summed E-state index contributed by atoms with van der Waals surface area (Å²) in [5.74, 6) is -1.07. The standard InChI is InChI=1S/C11H8ClFN2O4S/c1-5-2-8(6(13)3-7(5)15(17)18)19-11-14-10(12)9(4-16)20-11/h2-3,16H,4H2,1H3. The summed E-state index contributed by atoms with van der Waals surface area (Å²) in [6.45, 7) is 1.17. The van der Waals surface area contributed by atoms with E-state index in [4.69, 9.17) is 21.4 Å². The molecule has 9 heteroatoms. The van der Waals surface area contributed by atoms with E-state index in [-0.39, 0.29) is 34.0 Å². The van der Waals surface area contributed by atoms with E-state index in [1.807, 2.05) is 0 Å². The first-order valence-electron chi connectivity index (χ1n) is 5.30. The van der Waals surface area contributed by atoms with Gasteiger partial charge in [-0.25, -0.2) is 4.39 Å². The second kappa shape index (κ2) is 5.70. The number of rotatable bonds is 4. The molecule has 6 nitrogen and oxygen atoms in total. The lowest BCUT2D eigenvalue weighted by Gasteiger charge is -2.05. The number of thiazole rings is 1. The van der Waals surface area contributed by atoms with Gasteiger partial charge >= 0.3 is 0 Å². The Balaban J connectivity index is 2.33. The third kappa shape index (κ3) is 2.87. The van der Waals surface area contributed by atoms with Crippen LogP contribution in [0.4, 0.5) is 10.1 Å². The summed E-state index contributed by atoms with van der Waals surface area (Å²) in [5.41, 5.74) is -0.0699. The molecule has 106 valence electrons. The maximum absolute atomic E-state index is 13.7. The van der Waals surface area contributed by atoms with Crippen LogP contribution in [-0.2, 0) is 6.61 Å². The van der Waals surface area contributed by atoms with Crippen LogP contribution in [0.3, 0.4) is 0 Å². The Labute approximate surface area is 121 Å². The van der Waals surface area contributed by atoms with Gasteiger partial charge in [-0.1, -0.05) is 22.9 Å². The average molecular weight is 319 g/mol. The van der Waals surface area contributed by atoms with Crippen LogP contribution in [-0.4, -0.2) is 15.0 Å². The van der Waals surface area contributed by atoms with Gasteiger partial charge in [-0.05, 0) is 13.0 Å². The smallest absolute Gasteiger partial charge is 0.280 e. The van der Waals surface area contributed by atoms with Gasteiger partial charge in [0.15, 0.2) is 11.6 Å². The zero-order chi connectivity index (χ0) is 14.9. The van der Waals surface area contributed by atoms with Crippen LogP contribution < -0.4 is 4.74 Å². The third-order valence-corrected chi connectivity index (χ3v) is 3.76. The fourth-order valence-electron chi connectivity index (χ4n) is 1.47. The highest BCUT2D eigenvalue weighted by atomic mass is 35.5. The molecule has 20 heavy (non-hydrogen) atoms. The number of aliphatic hydroxyl groups excluding tert-OH is 1. The average Bonchev–Trinajstić information content (AvgIpc) is 2.73. The molecule has 0 saturated carbocycles. The number of aliphatic hydroxyl groups is 1. The molecule has 2 rings (SSSR count). The lowest BCUT2D eigenvalue weighted by atomic mass is 10.2. The predicted molar refractivity (Wildman–Crippen MR) is 70.9 cm³/mol. The molecule has 1 N–H and O–H groups in total. The number of aromatic nitrogens is 1. The molecule has 0 radical (unpaired) electrons. The maximum Gasteiger partial charge on any atom is 0.280 e. The molecule has 0 unspecified atom stereocenters. The van der Waals surface area contributed by atoms with Crippen LogP contribution in [0.15, 0.2) is 12.1 Å². The monoisotopic (exact) mass is 318 g/mol. The van der Waals surface area contributed by atoms with E-state index in [0.717, 1.165) is 17.4 Å². The van der Waals surface area contributed by atoms with Crippen molar-refractivity contribution in [1.29, 1.82) is 0 Å². The minimum absolute atomic E-state index is 0.0474. The number of halogens is 2. The summed E-state index contributed by atoms with van der Waals surface area (Å²) in [5, 5.41) is 19.8. The molecule has 1 aromatic carbocycles. The van der Waals surface area contributed by atoms with Gasteiger partial charge in [0.2, 0.25) is 0 Å². The lowest BCUT2D eigenvalue weighted by molar-refractivity contribution is -0.385. The second-order valence-corrected chi connectivity index (χ2v) is 5.18. The van der Waals surface area contributed by atoms with Gasteiger partial charge in [0.1, 0.15) is 5.15 Å². The van der Waals surface area contributed by atoms with Crippen LogP contribution in [0.25, 0.3) is 0 Å². The molecule has 0 bridgehead atoms. The van der Waals surface area contributed by atoms with Crippen molar-refractivity contribution in [3.05, 3.63) is 43.7 Å². The van der Waals surface area contributed by atoms with E-state index in [2.05, 4.69) is 4.98 Å². The second-order valence-electron chi connectivity index (χ2n) is 3.78. The number of hydrogen-bond acceptors (Lipinski definition) is 6. The summed E-state index contributed by atoms with van der Waals surface area (Å²) in [4.78, 5) is 14.2. The fraction of sp³-hybridized carbons (Fsp3) is 0.182. The first-order valence-corrected chi connectivity index (χ1v) is 6.50. The van der Waals surface area contributed by atoms with Crippen molar-refractivity contribution in [2.45, 2.75) is 13.5 Å². The Hall–Kier alpha value is -1.77. The SMILES string of the molecule is Cc1cc(Oc2nc(Cl)c(CO)s2)c(F)cc1[N+](=O)[O-]. The predicted octanol–water partition coefficient (Wildman–Crippen LogP) is 3.44. The Morgan fingerprint density at radius 2 is 2.30 bits per heavy atom. The molecule has 0 atom stereocenters. The molecule has 1 aromatic heterocycles. The van der Waals surface area contributed by atoms with E-state index >= 15 is 0 Å².